The van der Waals surface area contributed by atoms with Gasteiger partial charge in [0, 0.05) is 12.5 Å². The van der Waals surface area contributed by atoms with Gasteiger partial charge < -0.3 is 15.2 Å². The number of carbonyl (C=O) groups is 2. The van der Waals surface area contributed by atoms with Crippen molar-refractivity contribution >= 4 is 11.9 Å². The molecule has 2 N–H and O–H groups in total. The molecule has 0 saturated heterocycles. The zero-order chi connectivity index (χ0) is 15.9. The first-order chi connectivity index (χ1) is 10.6. The molecule has 0 aliphatic heterocycles. The summed E-state index contributed by atoms with van der Waals surface area (Å²) < 4.78 is 5.10. The molecule has 0 radical (unpaired) electrons. The van der Waals surface area contributed by atoms with Crippen molar-refractivity contribution in [3.05, 3.63) is 29.8 Å². The van der Waals surface area contributed by atoms with Gasteiger partial charge in [0.15, 0.2) is 0 Å². The zero-order valence-electron chi connectivity index (χ0n) is 12.9. The molecule has 0 aromatic heterocycles. The van der Waals surface area contributed by atoms with Crippen LogP contribution in [0.15, 0.2) is 24.3 Å². The fourth-order valence-electron chi connectivity index (χ4n) is 2.95. The number of rotatable bonds is 7. The monoisotopic (exact) mass is 305 g/mol. The van der Waals surface area contributed by atoms with Gasteiger partial charge in [-0.2, -0.15) is 0 Å². The third-order valence-electron chi connectivity index (χ3n) is 4.21. The highest BCUT2D eigenvalue weighted by atomic mass is 16.5. The number of hydrogen-bond donors (Lipinski definition) is 2. The topological polar surface area (TPSA) is 75.6 Å². The molecular formula is C17H23NO4. The van der Waals surface area contributed by atoms with Crippen LogP contribution in [0.5, 0.6) is 5.75 Å². The van der Waals surface area contributed by atoms with Crippen molar-refractivity contribution in [1.82, 2.24) is 5.32 Å². The summed E-state index contributed by atoms with van der Waals surface area (Å²) in [5.74, 6) is -0.458. The van der Waals surface area contributed by atoms with Crippen LogP contribution in [0, 0.1) is 5.92 Å². The molecule has 120 valence electrons. The van der Waals surface area contributed by atoms with Crippen LogP contribution < -0.4 is 10.1 Å². The number of ether oxygens (including phenoxy) is 1. The number of carboxylic acids is 1. The summed E-state index contributed by atoms with van der Waals surface area (Å²) in [5.41, 5.74) is 1.16. The third kappa shape index (κ3) is 4.48. The maximum Gasteiger partial charge on any atom is 0.308 e. The van der Waals surface area contributed by atoms with Crippen molar-refractivity contribution in [2.24, 2.45) is 5.92 Å². The second-order valence-corrected chi connectivity index (χ2v) is 5.75. The van der Waals surface area contributed by atoms with Gasteiger partial charge in [0.05, 0.1) is 13.0 Å². The van der Waals surface area contributed by atoms with Gasteiger partial charge in [-0.1, -0.05) is 18.6 Å². The molecule has 22 heavy (non-hydrogen) atoms. The lowest BCUT2D eigenvalue weighted by molar-refractivity contribution is -0.142. The number of carboxylic acid groups (broad SMARTS) is 1. The minimum absolute atomic E-state index is 0.0494. The maximum absolute atomic E-state index is 11.9. The van der Waals surface area contributed by atoms with Crippen molar-refractivity contribution in [2.45, 2.75) is 44.6 Å². The van der Waals surface area contributed by atoms with E-state index in [9.17, 15) is 9.59 Å². The second-order valence-electron chi connectivity index (χ2n) is 5.75. The van der Waals surface area contributed by atoms with Crippen LogP contribution in [-0.2, 0) is 16.0 Å². The lowest BCUT2D eigenvalue weighted by atomic mass is 10.0. The molecule has 5 nitrogen and oxygen atoms in total. The van der Waals surface area contributed by atoms with E-state index in [0.29, 0.717) is 12.8 Å². The molecule has 5 heteroatoms. The number of nitrogens with one attached hydrogen (secondary N) is 1. The van der Waals surface area contributed by atoms with E-state index in [-0.39, 0.29) is 11.9 Å². The fourth-order valence-corrected chi connectivity index (χ4v) is 2.95. The van der Waals surface area contributed by atoms with Crippen LogP contribution in [0.3, 0.4) is 0 Å². The number of carbonyl (C=O) groups excluding carboxylic acids is 1. The van der Waals surface area contributed by atoms with Gasteiger partial charge in [-0.15, -0.1) is 0 Å². The van der Waals surface area contributed by atoms with Gasteiger partial charge in [-0.05, 0) is 43.4 Å². The number of benzene rings is 1. The molecule has 1 amide bonds. The predicted octanol–water partition coefficient (Wildman–Crippen LogP) is 2.39. The summed E-state index contributed by atoms with van der Waals surface area (Å²) in [6.07, 6.45) is 4.29. The Balaban J connectivity index is 1.72. The van der Waals surface area contributed by atoms with Gasteiger partial charge in [-0.25, -0.2) is 0 Å². The van der Waals surface area contributed by atoms with Crippen molar-refractivity contribution in [3.8, 4) is 5.75 Å². The van der Waals surface area contributed by atoms with E-state index >= 15 is 0 Å². The van der Waals surface area contributed by atoms with Crippen molar-refractivity contribution in [3.63, 3.8) is 0 Å². The van der Waals surface area contributed by atoms with Gasteiger partial charge in [-0.3, -0.25) is 9.59 Å². The average Bonchev–Trinajstić information content (AvgIpc) is 2.96. The molecule has 0 spiro atoms. The first-order valence-corrected chi connectivity index (χ1v) is 7.75. The molecule has 0 bridgehead atoms. The standard InChI is InChI=1S/C17H23NO4/c1-22-13-10-8-12(9-11-13)4-2-7-16(19)18-15-6-3-5-14(15)17(20)21/h8-11,14-15H,2-7H2,1H3,(H,18,19)(H,20,21)/t14-,15+/m0/s1. The average molecular weight is 305 g/mol. The maximum atomic E-state index is 11.9. The molecule has 1 saturated carbocycles. The molecule has 0 unspecified atom stereocenters. The Bertz CT molecular complexity index is 512. The molecule has 2 rings (SSSR count). The highest BCUT2D eigenvalue weighted by molar-refractivity contribution is 5.78. The quantitative estimate of drug-likeness (QED) is 0.811. The highest BCUT2D eigenvalue weighted by Gasteiger charge is 2.33. The summed E-state index contributed by atoms with van der Waals surface area (Å²) in [5, 5.41) is 12.0. The van der Waals surface area contributed by atoms with E-state index in [1.807, 2.05) is 24.3 Å². The molecule has 2 atom stereocenters. The number of hydrogen-bond acceptors (Lipinski definition) is 3. The highest BCUT2D eigenvalue weighted by Crippen LogP contribution is 2.26. The van der Waals surface area contributed by atoms with Gasteiger partial charge in [0.1, 0.15) is 5.75 Å². The Hall–Kier alpha value is -2.04. The molecule has 1 aromatic rings. The molecule has 1 aliphatic rings. The van der Waals surface area contributed by atoms with Crippen LogP contribution in [0.1, 0.15) is 37.7 Å². The molecule has 0 heterocycles. The Morgan fingerprint density at radius 3 is 2.64 bits per heavy atom. The van der Waals surface area contributed by atoms with Crippen molar-refractivity contribution in [2.75, 3.05) is 7.11 Å². The molecule has 1 fully saturated rings. The summed E-state index contributed by atoms with van der Waals surface area (Å²) in [6.45, 7) is 0. The fraction of sp³-hybridized carbons (Fsp3) is 0.529. The van der Waals surface area contributed by atoms with Crippen LogP contribution in [-0.4, -0.2) is 30.1 Å². The van der Waals surface area contributed by atoms with E-state index in [1.165, 1.54) is 0 Å². The second kappa shape index (κ2) is 7.82. The Morgan fingerprint density at radius 2 is 2.00 bits per heavy atom. The van der Waals surface area contributed by atoms with Crippen LogP contribution in [0.2, 0.25) is 0 Å². The van der Waals surface area contributed by atoms with Gasteiger partial charge >= 0.3 is 5.97 Å². The Morgan fingerprint density at radius 1 is 1.27 bits per heavy atom. The summed E-state index contributed by atoms with van der Waals surface area (Å²) >= 11 is 0. The van der Waals surface area contributed by atoms with Crippen LogP contribution >= 0.6 is 0 Å². The van der Waals surface area contributed by atoms with Crippen LogP contribution in [0.25, 0.3) is 0 Å². The number of aliphatic carboxylic acids is 1. The number of amides is 1. The van der Waals surface area contributed by atoms with E-state index in [4.69, 9.17) is 9.84 Å². The minimum atomic E-state index is -0.805. The van der Waals surface area contributed by atoms with E-state index < -0.39 is 11.9 Å². The van der Waals surface area contributed by atoms with Gasteiger partial charge in [0.25, 0.3) is 0 Å². The van der Waals surface area contributed by atoms with Crippen molar-refractivity contribution in [1.29, 1.82) is 0 Å². The first-order valence-electron chi connectivity index (χ1n) is 7.75. The smallest absolute Gasteiger partial charge is 0.308 e. The third-order valence-corrected chi connectivity index (χ3v) is 4.21. The largest absolute Gasteiger partial charge is 0.497 e. The van der Waals surface area contributed by atoms with E-state index in [0.717, 1.165) is 37.0 Å². The predicted molar refractivity (Wildman–Crippen MR) is 82.8 cm³/mol. The minimum Gasteiger partial charge on any atom is -0.497 e. The Labute approximate surface area is 130 Å². The normalized spacial score (nSPS) is 20.6. The number of methoxy groups -OCH3 is 1. The molecule has 1 aromatic carbocycles. The summed E-state index contributed by atoms with van der Waals surface area (Å²) in [6, 6.07) is 7.60. The zero-order valence-corrected chi connectivity index (χ0v) is 12.9. The van der Waals surface area contributed by atoms with Crippen molar-refractivity contribution < 1.29 is 19.4 Å². The van der Waals surface area contributed by atoms with E-state index in [1.54, 1.807) is 7.11 Å². The van der Waals surface area contributed by atoms with Crippen LogP contribution in [0.4, 0.5) is 0 Å². The van der Waals surface area contributed by atoms with Gasteiger partial charge in [0.2, 0.25) is 5.91 Å². The number of aryl methyl sites for hydroxylation is 1. The summed E-state index contributed by atoms with van der Waals surface area (Å²) in [7, 11) is 1.63. The molecule has 1 aliphatic carbocycles. The molecular weight excluding hydrogens is 282 g/mol. The summed E-state index contributed by atoms with van der Waals surface area (Å²) in [4.78, 5) is 23.0. The lowest BCUT2D eigenvalue weighted by Gasteiger charge is -2.17. The lowest BCUT2D eigenvalue weighted by Crippen LogP contribution is -2.40. The first kappa shape index (κ1) is 16.3. The SMILES string of the molecule is COc1ccc(CCCC(=O)N[C@@H]2CCC[C@@H]2C(=O)O)cc1. The Kier molecular flexibility index (Phi) is 5.81. The van der Waals surface area contributed by atoms with E-state index in [2.05, 4.69) is 5.32 Å².